The number of fused-ring (bicyclic) bond motifs is 2. The Bertz CT molecular complexity index is 1050. The summed E-state index contributed by atoms with van der Waals surface area (Å²) >= 11 is 0. The quantitative estimate of drug-likeness (QED) is 0.711. The molecule has 1 aromatic carbocycles. The maximum atomic E-state index is 13.8. The molecule has 2 atom stereocenters. The molecule has 3 heterocycles. The topological polar surface area (TPSA) is 89.4 Å². The molecule has 0 aliphatic carbocycles. The fraction of sp³-hybridized carbons (Fsp3) is 0.474. The fourth-order valence-corrected chi connectivity index (χ4v) is 3.80. The van der Waals surface area contributed by atoms with E-state index in [1.54, 1.807) is 24.3 Å². The van der Waals surface area contributed by atoms with Gasteiger partial charge in [0.15, 0.2) is 0 Å². The molecule has 4 rings (SSSR count). The molecule has 2 unspecified atom stereocenters. The number of anilines is 1. The van der Waals surface area contributed by atoms with E-state index < -0.39 is 54.7 Å². The average molecular weight is 459 g/mol. The van der Waals surface area contributed by atoms with E-state index in [9.17, 15) is 31.5 Å². The molecular formula is C19H18F5N5O3. The van der Waals surface area contributed by atoms with Crippen molar-refractivity contribution < 1.29 is 36.3 Å². The number of hydrogen-bond acceptors (Lipinski definition) is 5. The molecule has 1 N–H and O–H groups in total. The molecule has 172 valence electrons. The number of halogens is 5. The molecule has 13 heteroatoms. The minimum Gasteiger partial charge on any atom is -0.489 e. The van der Waals surface area contributed by atoms with Gasteiger partial charge in [0.1, 0.15) is 24.2 Å². The molecule has 0 fully saturated rings. The number of aryl methyl sites for hydroxylation is 1. The summed E-state index contributed by atoms with van der Waals surface area (Å²) < 4.78 is 72.6. The number of carbonyl (C=O) groups is 2. The largest absolute Gasteiger partial charge is 0.489 e. The molecule has 2 amide bonds. The van der Waals surface area contributed by atoms with Crippen LogP contribution in [0.3, 0.4) is 0 Å². The van der Waals surface area contributed by atoms with Gasteiger partial charge in [-0.25, -0.2) is 0 Å². The number of carbonyl (C=O) groups excluding carboxylic acids is 2. The minimum atomic E-state index is -5.71. The summed E-state index contributed by atoms with van der Waals surface area (Å²) in [5.74, 6) is -8.32. The van der Waals surface area contributed by atoms with Crippen molar-refractivity contribution in [2.45, 2.75) is 37.5 Å². The molecule has 1 aromatic heterocycles. The predicted octanol–water partition coefficient (Wildman–Crippen LogP) is 2.19. The van der Waals surface area contributed by atoms with Crippen LogP contribution in [0.5, 0.6) is 5.75 Å². The number of benzene rings is 1. The highest BCUT2D eigenvalue weighted by molar-refractivity contribution is 6.02. The van der Waals surface area contributed by atoms with E-state index in [1.165, 1.54) is 11.9 Å². The molecule has 0 bridgehead atoms. The second-order valence-electron chi connectivity index (χ2n) is 7.61. The van der Waals surface area contributed by atoms with Gasteiger partial charge in [-0.1, -0.05) is 12.1 Å². The number of nitrogens with zero attached hydrogens (tertiary/aromatic N) is 4. The lowest BCUT2D eigenvalue weighted by molar-refractivity contribution is -0.305. The highest BCUT2D eigenvalue weighted by Crippen LogP contribution is 2.44. The molecule has 2 aromatic rings. The van der Waals surface area contributed by atoms with Gasteiger partial charge in [0.25, 0.3) is 11.8 Å². The van der Waals surface area contributed by atoms with E-state index in [0.29, 0.717) is 11.4 Å². The van der Waals surface area contributed by atoms with E-state index in [4.69, 9.17) is 4.74 Å². The van der Waals surface area contributed by atoms with Crippen LogP contribution in [0, 0.1) is 5.92 Å². The Morgan fingerprint density at radius 3 is 2.62 bits per heavy atom. The van der Waals surface area contributed by atoms with Gasteiger partial charge < -0.3 is 19.5 Å². The standard InChI is InChI=1S/C19H18F5N5O3/c1-28-12-4-2-3-5-13(12)32-9-11(17(28)31)25-16(30)15-27-26-14-7-6-10(8-29(14)15)18(20,21)19(22,23)24/h2-5,10-11H,6-9H2,1H3,(H,25,30). The third-order valence-corrected chi connectivity index (χ3v) is 5.61. The van der Waals surface area contributed by atoms with E-state index in [-0.39, 0.29) is 18.9 Å². The van der Waals surface area contributed by atoms with Crippen LogP contribution in [0.4, 0.5) is 27.6 Å². The van der Waals surface area contributed by atoms with Gasteiger partial charge >= 0.3 is 12.1 Å². The Labute approximate surface area is 178 Å². The van der Waals surface area contributed by atoms with E-state index in [2.05, 4.69) is 15.5 Å². The van der Waals surface area contributed by atoms with Crippen LogP contribution in [0.25, 0.3) is 0 Å². The van der Waals surface area contributed by atoms with Gasteiger partial charge in [-0.3, -0.25) is 9.59 Å². The van der Waals surface area contributed by atoms with Gasteiger partial charge in [-0.15, -0.1) is 10.2 Å². The van der Waals surface area contributed by atoms with Crippen molar-refractivity contribution in [2.75, 3.05) is 18.6 Å². The summed E-state index contributed by atoms with van der Waals surface area (Å²) in [5, 5.41) is 9.81. The average Bonchev–Trinajstić information content (AvgIpc) is 3.13. The number of rotatable bonds is 3. The van der Waals surface area contributed by atoms with Crippen LogP contribution in [0.1, 0.15) is 22.9 Å². The highest BCUT2D eigenvalue weighted by atomic mass is 19.4. The van der Waals surface area contributed by atoms with E-state index in [0.717, 1.165) is 4.57 Å². The minimum absolute atomic E-state index is 0.123. The Morgan fingerprint density at radius 1 is 1.19 bits per heavy atom. The predicted molar refractivity (Wildman–Crippen MR) is 99.4 cm³/mol. The molecule has 2 aliphatic rings. The first kappa shape index (κ1) is 22.0. The zero-order chi connectivity index (χ0) is 23.3. The number of alkyl halides is 5. The zero-order valence-electron chi connectivity index (χ0n) is 16.7. The van der Waals surface area contributed by atoms with Crippen molar-refractivity contribution >= 4 is 17.5 Å². The third kappa shape index (κ3) is 3.65. The maximum Gasteiger partial charge on any atom is 0.453 e. The van der Waals surface area contributed by atoms with Crippen molar-refractivity contribution in [2.24, 2.45) is 5.92 Å². The summed E-state index contributed by atoms with van der Waals surface area (Å²) in [6.07, 6.45) is -6.36. The van der Waals surface area contributed by atoms with Crippen molar-refractivity contribution in [3.05, 3.63) is 35.9 Å². The summed E-state index contributed by atoms with van der Waals surface area (Å²) in [6, 6.07) is 5.60. The Hall–Kier alpha value is -3.25. The molecule has 2 aliphatic heterocycles. The Morgan fingerprint density at radius 2 is 1.91 bits per heavy atom. The van der Waals surface area contributed by atoms with E-state index >= 15 is 0 Å². The van der Waals surface area contributed by atoms with Gasteiger partial charge in [-0.05, 0) is 18.6 Å². The lowest BCUT2D eigenvalue weighted by Gasteiger charge is -2.32. The molecule has 32 heavy (non-hydrogen) atoms. The smallest absolute Gasteiger partial charge is 0.453 e. The SMILES string of the molecule is CN1C(=O)C(NC(=O)c2nnc3n2CC(C(F)(F)C(F)(F)F)CC3)COc2ccccc21. The maximum absolute atomic E-state index is 13.8. The first-order chi connectivity index (χ1) is 15.0. The van der Waals surface area contributed by atoms with Crippen molar-refractivity contribution in [3.8, 4) is 5.75 Å². The van der Waals surface area contributed by atoms with Crippen molar-refractivity contribution in [1.82, 2.24) is 20.1 Å². The van der Waals surface area contributed by atoms with Gasteiger partial charge in [0, 0.05) is 20.0 Å². The fourth-order valence-electron chi connectivity index (χ4n) is 3.80. The normalized spacial score (nSPS) is 21.3. The molecule has 0 saturated carbocycles. The van der Waals surface area contributed by atoms with E-state index in [1.807, 2.05) is 0 Å². The number of amides is 2. The lowest BCUT2D eigenvalue weighted by atomic mass is 9.92. The van der Waals surface area contributed by atoms with Gasteiger partial charge in [0.05, 0.1) is 11.6 Å². The first-order valence-electron chi connectivity index (χ1n) is 9.67. The Kier molecular flexibility index (Phi) is 5.29. The molecular weight excluding hydrogens is 441 g/mol. The monoisotopic (exact) mass is 459 g/mol. The number of likely N-dealkylation sites (N-methyl/N-ethyl adjacent to an activating group) is 1. The second-order valence-corrected chi connectivity index (χ2v) is 7.61. The number of ether oxygens (including phenoxy) is 1. The van der Waals surface area contributed by atoms with Gasteiger partial charge in [0.2, 0.25) is 5.82 Å². The number of aromatic nitrogens is 3. The van der Waals surface area contributed by atoms with Crippen LogP contribution in [0.15, 0.2) is 24.3 Å². The lowest BCUT2D eigenvalue weighted by Crippen LogP contribution is -2.50. The van der Waals surface area contributed by atoms with Crippen molar-refractivity contribution in [1.29, 1.82) is 0 Å². The van der Waals surface area contributed by atoms with Crippen LogP contribution < -0.4 is 15.0 Å². The highest BCUT2D eigenvalue weighted by Gasteiger charge is 2.62. The Balaban J connectivity index is 1.53. The summed E-state index contributed by atoms with van der Waals surface area (Å²) in [5.41, 5.74) is 0.492. The van der Waals surface area contributed by atoms with Crippen LogP contribution in [-0.4, -0.2) is 58.4 Å². The van der Waals surface area contributed by atoms with Crippen LogP contribution >= 0.6 is 0 Å². The number of nitrogens with one attached hydrogen (secondary N) is 1. The summed E-state index contributed by atoms with van der Waals surface area (Å²) in [6.45, 7) is -0.986. The summed E-state index contributed by atoms with van der Waals surface area (Å²) in [7, 11) is 1.50. The first-order valence-corrected chi connectivity index (χ1v) is 9.67. The molecule has 8 nitrogen and oxygen atoms in total. The molecule has 0 saturated heterocycles. The van der Waals surface area contributed by atoms with Crippen LogP contribution in [-0.2, 0) is 17.8 Å². The third-order valence-electron chi connectivity index (χ3n) is 5.61. The molecule has 0 radical (unpaired) electrons. The number of para-hydroxylation sites is 2. The van der Waals surface area contributed by atoms with Crippen LogP contribution in [0.2, 0.25) is 0 Å². The van der Waals surface area contributed by atoms with Gasteiger partial charge in [-0.2, -0.15) is 22.0 Å². The zero-order valence-corrected chi connectivity index (χ0v) is 16.7. The van der Waals surface area contributed by atoms with Crippen molar-refractivity contribution in [3.63, 3.8) is 0 Å². The second kappa shape index (κ2) is 7.71. The number of hydrogen-bond donors (Lipinski definition) is 1. The molecule has 0 spiro atoms. The summed E-state index contributed by atoms with van der Waals surface area (Å²) in [4.78, 5) is 26.8.